The van der Waals surface area contributed by atoms with E-state index in [-0.39, 0.29) is 35.9 Å². The Bertz CT molecular complexity index is 614. The maximum atomic E-state index is 13.6. The van der Waals surface area contributed by atoms with E-state index in [9.17, 15) is 30.7 Å². The lowest BCUT2D eigenvalue weighted by atomic mass is 9.84. The van der Waals surface area contributed by atoms with Crippen molar-refractivity contribution in [1.29, 1.82) is 0 Å². The maximum Gasteiger partial charge on any atom is 0.431 e. The molecule has 0 radical (unpaired) electrons. The number of thioether (sulfide) groups is 1. The fourth-order valence-corrected chi connectivity index (χ4v) is 4.59. The normalized spacial score (nSPS) is 20.6. The molecule has 0 aliphatic carbocycles. The van der Waals surface area contributed by atoms with Gasteiger partial charge in [-0.25, -0.2) is 4.39 Å². The second-order valence-corrected chi connectivity index (χ2v) is 11.0. The summed E-state index contributed by atoms with van der Waals surface area (Å²) in [5.74, 6) is -0.373. The largest absolute Gasteiger partial charge is 0.431 e. The number of halogens is 7. The van der Waals surface area contributed by atoms with Gasteiger partial charge in [-0.2, -0.15) is 38.1 Å². The van der Waals surface area contributed by atoms with E-state index in [4.69, 9.17) is 23.7 Å². The van der Waals surface area contributed by atoms with Gasteiger partial charge in [0.2, 0.25) is 0 Å². The minimum absolute atomic E-state index is 0.0141. The lowest BCUT2D eigenvalue weighted by Gasteiger charge is -2.42. The van der Waals surface area contributed by atoms with Crippen molar-refractivity contribution >= 4 is 11.8 Å². The Labute approximate surface area is 212 Å². The Balaban J connectivity index is 1.68. The highest BCUT2D eigenvalue weighted by molar-refractivity contribution is 7.99. The van der Waals surface area contributed by atoms with Gasteiger partial charge in [0.1, 0.15) is 6.10 Å². The zero-order valence-corrected chi connectivity index (χ0v) is 21.6. The van der Waals surface area contributed by atoms with Crippen molar-refractivity contribution < 1.29 is 54.4 Å². The molecule has 2 fully saturated rings. The molecular formula is C23H37F7O5S. The van der Waals surface area contributed by atoms with E-state index in [1.807, 2.05) is 0 Å². The zero-order valence-electron chi connectivity index (χ0n) is 20.8. The van der Waals surface area contributed by atoms with Gasteiger partial charge in [-0.05, 0) is 30.8 Å². The highest BCUT2D eigenvalue weighted by Crippen LogP contribution is 2.48. The molecule has 1 unspecified atom stereocenters. The first-order valence-electron chi connectivity index (χ1n) is 12.1. The first kappa shape index (κ1) is 31.9. The minimum Gasteiger partial charge on any atom is -0.380 e. The van der Waals surface area contributed by atoms with Gasteiger partial charge < -0.3 is 23.7 Å². The van der Waals surface area contributed by atoms with E-state index < -0.39 is 30.2 Å². The van der Waals surface area contributed by atoms with Crippen molar-refractivity contribution in [2.75, 3.05) is 71.0 Å². The van der Waals surface area contributed by atoms with E-state index in [1.54, 1.807) is 0 Å². The molecule has 2 saturated heterocycles. The third-order valence-electron chi connectivity index (χ3n) is 6.84. The first-order chi connectivity index (χ1) is 16.8. The zero-order chi connectivity index (χ0) is 26.9. The lowest BCUT2D eigenvalue weighted by molar-refractivity contribution is -0.341. The van der Waals surface area contributed by atoms with E-state index in [0.29, 0.717) is 52.7 Å². The Morgan fingerprint density at radius 1 is 0.778 bits per heavy atom. The summed E-state index contributed by atoms with van der Waals surface area (Å²) in [4.78, 5) is 0. The standard InChI is InChI=1S/C23H37F7O5S/c1-3-19(13-33-14-19)12-32-11-18(35-17-20(4-2)15-34-16-20)10-31-7-5-8-36-9-6-21(24,22(25,26)27)23(28,29)30/h18H,3-17H2,1-2H3. The molecule has 0 aromatic heterocycles. The van der Waals surface area contributed by atoms with Crippen molar-refractivity contribution in [3.8, 4) is 0 Å². The molecule has 2 rings (SSSR count). The van der Waals surface area contributed by atoms with Crippen LogP contribution < -0.4 is 0 Å². The van der Waals surface area contributed by atoms with E-state index in [1.165, 1.54) is 0 Å². The molecule has 214 valence electrons. The monoisotopic (exact) mass is 558 g/mol. The molecule has 13 heteroatoms. The molecule has 1 atom stereocenters. The van der Waals surface area contributed by atoms with E-state index >= 15 is 0 Å². The smallest absolute Gasteiger partial charge is 0.380 e. The number of alkyl halides is 7. The molecule has 0 aromatic carbocycles. The van der Waals surface area contributed by atoms with Crippen LogP contribution in [0.2, 0.25) is 0 Å². The van der Waals surface area contributed by atoms with Crippen molar-refractivity contribution in [3.05, 3.63) is 0 Å². The second-order valence-electron chi connectivity index (χ2n) is 9.73. The van der Waals surface area contributed by atoms with Crippen molar-refractivity contribution in [2.24, 2.45) is 10.8 Å². The fourth-order valence-electron chi connectivity index (χ4n) is 3.64. The van der Waals surface area contributed by atoms with Gasteiger partial charge in [0.25, 0.3) is 5.67 Å². The van der Waals surface area contributed by atoms with Crippen LogP contribution >= 0.6 is 11.8 Å². The first-order valence-corrected chi connectivity index (χ1v) is 13.3. The molecule has 5 nitrogen and oxygen atoms in total. The van der Waals surface area contributed by atoms with Crippen LogP contribution in [-0.4, -0.2) is 95.1 Å². The summed E-state index contributed by atoms with van der Waals surface area (Å²) < 4.78 is 117. The summed E-state index contributed by atoms with van der Waals surface area (Å²) in [7, 11) is 0. The SMILES string of the molecule is CCC1(COCC(COCCCSCCC(F)(C(F)(F)F)C(F)(F)F)OCC2(CC)COC2)COC1. The summed E-state index contributed by atoms with van der Waals surface area (Å²) in [5.41, 5.74) is -5.18. The molecule has 2 heterocycles. The van der Waals surface area contributed by atoms with Gasteiger partial charge in [-0.1, -0.05) is 13.8 Å². The van der Waals surface area contributed by atoms with Gasteiger partial charge in [0.15, 0.2) is 0 Å². The number of hydrogen-bond donors (Lipinski definition) is 0. The van der Waals surface area contributed by atoms with Gasteiger partial charge in [-0.3, -0.25) is 0 Å². The summed E-state index contributed by atoms with van der Waals surface area (Å²) >= 11 is 0.825. The molecule has 0 amide bonds. The summed E-state index contributed by atoms with van der Waals surface area (Å²) in [6.07, 6.45) is -11.8. The van der Waals surface area contributed by atoms with Crippen LogP contribution in [0.1, 0.15) is 39.5 Å². The molecule has 2 aliphatic rings. The number of hydrogen-bond acceptors (Lipinski definition) is 6. The Kier molecular flexibility index (Phi) is 12.1. The van der Waals surface area contributed by atoms with Crippen LogP contribution in [0.5, 0.6) is 0 Å². The van der Waals surface area contributed by atoms with Crippen LogP contribution in [0.15, 0.2) is 0 Å². The predicted octanol–water partition coefficient (Wildman–Crippen LogP) is 5.60. The predicted molar refractivity (Wildman–Crippen MR) is 121 cm³/mol. The molecule has 0 aromatic rings. The van der Waals surface area contributed by atoms with Crippen LogP contribution in [0, 0.1) is 10.8 Å². The number of rotatable bonds is 18. The van der Waals surface area contributed by atoms with Crippen molar-refractivity contribution in [2.45, 2.75) is 63.7 Å². The average molecular weight is 559 g/mol. The van der Waals surface area contributed by atoms with Gasteiger partial charge >= 0.3 is 12.4 Å². The summed E-state index contributed by atoms with van der Waals surface area (Å²) in [6, 6.07) is 0. The molecule has 36 heavy (non-hydrogen) atoms. The molecular weight excluding hydrogens is 521 g/mol. The van der Waals surface area contributed by atoms with Crippen LogP contribution in [0.4, 0.5) is 30.7 Å². The van der Waals surface area contributed by atoms with E-state index in [2.05, 4.69) is 13.8 Å². The highest BCUT2D eigenvalue weighted by atomic mass is 32.2. The molecule has 0 spiro atoms. The van der Waals surface area contributed by atoms with Crippen molar-refractivity contribution in [3.63, 3.8) is 0 Å². The second kappa shape index (κ2) is 13.6. The fraction of sp³-hybridized carbons (Fsp3) is 1.00. The van der Waals surface area contributed by atoms with Crippen LogP contribution in [0.3, 0.4) is 0 Å². The average Bonchev–Trinajstić information content (AvgIpc) is 2.74. The van der Waals surface area contributed by atoms with Crippen LogP contribution in [-0.2, 0) is 23.7 Å². The summed E-state index contributed by atoms with van der Waals surface area (Å²) in [6.45, 7) is 8.59. The molecule has 2 aliphatic heterocycles. The Morgan fingerprint density at radius 2 is 1.31 bits per heavy atom. The van der Waals surface area contributed by atoms with Gasteiger partial charge in [0.05, 0.1) is 52.9 Å². The quantitative estimate of drug-likeness (QED) is 0.161. The molecule has 0 saturated carbocycles. The van der Waals surface area contributed by atoms with Crippen LogP contribution in [0.25, 0.3) is 0 Å². The highest BCUT2D eigenvalue weighted by Gasteiger charge is 2.71. The molecule has 0 N–H and O–H groups in total. The van der Waals surface area contributed by atoms with Crippen molar-refractivity contribution in [1.82, 2.24) is 0 Å². The van der Waals surface area contributed by atoms with Gasteiger partial charge in [-0.15, -0.1) is 0 Å². The Hall–Kier alpha value is -0.340. The molecule has 0 bridgehead atoms. The topological polar surface area (TPSA) is 46.2 Å². The van der Waals surface area contributed by atoms with E-state index in [0.717, 1.165) is 24.6 Å². The lowest BCUT2D eigenvalue weighted by Crippen LogP contribution is -2.53. The number of ether oxygens (including phenoxy) is 5. The maximum absolute atomic E-state index is 13.6. The third kappa shape index (κ3) is 8.59. The minimum atomic E-state index is -6.00. The third-order valence-corrected chi connectivity index (χ3v) is 7.91. The summed E-state index contributed by atoms with van der Waals surface area (Å²) in [5, 5.41) is 0. The Morgan fingerprint density at radius 3 is 1.78 bits per heavy atom. The van der Waals surface area contributed by atoms with Gasteiger partial charge in [0, 0.05) is 23.9 Å².